The van der Waals surface area contributed by atoms with E-state index in [2.05, 4.69) is 9.88 Å². The maximum Gasteiger partial charge on any atom is 0.253 e. The number of fused-ring (bicyclic) bond motifs is 1. The number of hydrogen-bond acceptors (Lipinski definition) is 4. The van der Waals surface area contributed by atoms with Gasteiger partial charge in [0, 0.05) is 24.0 Å². The average Bonchev–Trinajstić information content (AvgIpc) is 3.19. The van der Waals surface area contributed by atoms with E-state index in [-0.39, 0.29) is 5.91 Å². The minimum absolute atomic E-state index is 0.162. The number of rotatable bonds is 4. The fourth-order valence-electron chi connectivity index (χ4n) is 4.13. The SMILES string of the molecule is O=C(c1ccc(OCc2cscn2)cc1)N1CC[C@H]2CCCC[C@@H]2C1. The number of carbonyl (C=O) groups excluding carboxylic acids is 1. The third-order valence-electron chi connectivity index (χ3n) is 5.55. The Morgan fingerprint density at radius 2 is 1.96 bits per heavy atom. The average molecular weight is 356 g/mol. The van der Waals surface area contributed by atoms with Crippen LogP contribution in [-0.2, 0) is 6.61 Å². The first-order valence-corrected chi connectivity index (χ1v) is 10.1. The molecule has 0 radical (unpaired) electrons. The van der Waals surface area contributed by atoms with Crippen LogP contribution in [0.1, 0.15) is 48.2 Å². The van der Waals surface area contributed by atoms with Crippen molar-refractivity contribution >= 4 is 17.2 Å². The summed E-state index contributed by atoms with van der Waals surface area (Å²) in [7, 11) is 0. The molecule has 1 saturated heterocycles. The predicted octanol–water partition coefficient (Wildman–Crippen LogP) is 4.37. The lowest BCUT2D eigenvalue weighted by atomic mass is 9.75. The van der Waals surface area contributed by atoms with Crippen molar-refractivity contribution in [3.8, 4) is 5.75 Å². The number of thiazole rings is 1. The van der Waals surface area contributed by atoms with Gasteiger partial charge in [-0.2, -0.15) is 0 Å². The van der Waals surface area contributed by atoms with Crippen LogP contribution in [0.15, 0.2) is 35.2 Å². The zero-order valence-corrected chi connectivity index (χ0v) is 15.2. The lowest BCUT2D eigenvalue weighted by Gasteiger charge is -2.41. The molecule has 5 heteroatoms. The van der Waals surface area contributed by atoms with E-state index in [4.69, 9.17) is 4.74 Å². The van der Waals surface area contributed by atoms with Crippen LogP contribution in [0.4, 0.5) is 0 Å². The summed E-state index contributed by atoms with van der Waals surface area (Å²) in [5.41, 5.74) is 3.49. The molecular formula is C20H24N2O2S. The summed E-state index contributed by atoms with van der Waals surface area (Å²) in [6, 6.07) is 7.53. The van der Waals surface area contributed by atoms with Gasteiger partial charge in [0.15, 0.2) is 0 Å². The normalized spacial score (nSPS) is 23.1. The van der Waals surface area contributed by atoms with E-state index in [1.807, 2.05) is 29.6 Å². The molecule has 25 heavy (non-hydrogen) atoms. The van der Waals surface area contributed by atoms with Crippen LogP contribution in [-0.4, -0.2) is 28.9 Å². The zero-order chi connectivity index (χ0) is 17.1. The van der Waals surface area contributed by atoms with Crippen molar-refractivity contribution in [3.05, 3.63) is 46.4 Å². The van der Waals surface area contributed by atoms with Gasteiger partial charge >= 0.3 is 0 Å². The number of amides is 1. The number of aromatic nitrogens is 1. The summed E-state index contributed by atoms with van der Waals surface area (Å²) in [5, 5.41) is 1.98. The fraction of sp³-hybridized carbons (Fsp3) is 0.500. The van der Waals surface area contributed by atoms with Gasteiger partial charge in [-0.1, -0.05) is 19.3 Å². The Bertz CT molecular complexity index is 699. The van der Waals surface area contributed by atoms with Crippen LogP contribution in [0, 0.1) is 11.8 Å². The van der Waals surface area contributed by atoms with E-state index in [0.29, 0.717) is 12.5 Å². The standard InChI is InChI=1S/C20H24N2O2S/c23-20(22-10-9-15-3-1-2-4-17(15)11-22)16-5-7-19(8-6-16)24-12-18-13-25-14-21-18/h5-8,13-15,17H,1-4,9-12H2/t15-,17-/m1/s1. The molecule has 2 aliphatic rings. The molecule has 1 amide bonds. The van der Waals surface area contributed by atoms with Gasteiger partial charge in [-0.15, -0.1) is 11.3 Å². The summed E-state index contributed by atoms with van der Waals surface area (Å²) < 4.78 is 5.72. The molecule has 1 aliphatic heterocycles. The number of likely N-dealkylation sites (tertiary alicyclic amines) is 1. The highest BCUT2D eigenvalue weighted by Gasteiger charge is 2.33. The van der Waals surface area contributed by atoms with Crippen molar-refractivity contribution in [3.63, 3.8) is 0 Å². The van der Waals surface area contributed by atoms with Gasteiger partial charge < -0.3 is 9.64 Å². The largest absolute Gasteiger partial charge is 0.487 e. The molecule has 0 N–H and O–H groups in total. The van der Waals surface area contributed by atoms with Crippen LogP contribution in [0.5, 0.6) is 5.75 Å². The predicted molar refractivity (Wildman–Crippen MR) is 98.9 cm³/mol. The second kappa shape index (κ2) is 7.56. The molecule has 4 nitrogen and oxygen atoms in total. The number of ether oxygens (including phenoxy) is 1. The Labute approximate surface area is 152 Å². The summed E-state index contributed by atoms with van der Waals surface area (Å²) in [6.07, 6.45) is 6.52. The van der Waals surface area contributed by atoms with Crippen LogP contribution < -0.4 is 4.74 Å². The molecule has 0 spiro atoms. The van der Waals surface area contributed by atoms with Crippen molar-refractivity contribution in [2.45, 2.75) is 38.7 Å². The van der Waals surface area contributed by atoms with E-state index in [1.54, 1.807) is 16.8 Å². The van der Waals surface area contributed by atoms with E-state index >= 15 is 0 Å². The number of nitrogens with zero attached hydrogens (tertiary/aromatic N) is 2. The molecule has 1 saturated carbocycles. The number of hydrogen-bond donors (Lipinski definition) is 0. The number of benzene rings is 1. The molecule has 0 unspecified atom stereocenters. The van der Waals surface area contributed by atoms with E-state index < -0.39 is 0 Å². The lowest BCUT2D eigenvalue weighted by molar-refractivity contribution is 0.0521. The highest BCUT2D eigenvalue weighted by molar-refractivity contribution is 7.07. The smallest absolute Gasteiger partial charge is 0.253 e. The third kappa shape index (κ3) is 3.87. The van der Waals surface area contributed by atoms with Gasteiger partial charge in [-0.25, -0.2) is 4.98 Å². The van der Waals surface area contributed by atoms with E-state index in [0.717, 1.165) is 36.0 Å². The molecule has 4 rings (SSSR count). The van der Waals surface area contributed by atoms with Crippen LogP contribution in [0.3, 0.4) is 0 Å². The van der Waals surface area contributed by atoms with E-state index in [9.17, 15) is 4.79 Å². The third-order valence-corrected chi connectivity index (χ3v) is 6.19. The fourth-order valence-corrected chi connectivity index (χ4v) is 4.67. The topological polar surface area (TPSA) is 42.4 Å². The van der Waals surface area contributed by atoms with Gasteiger partial charge in [0.25, 0.3) is 5.91 Å². The highest BCUT2D eigenvalue weighted by atomic mass is 32.1. The Kier molecular flexibility index (Phi) is 5.02. The zero-order valence-electron chi connectivity index (χ0n) is 14.4. The lowest BCUT2D eigenvalue weighted by Crippen LogP contribution is -2.44. The number of carbonyl (C=O) groups is 1. The Morgan fingerprint density at radius 1 is 1.16 bits per heavy atom. The van der Waals surface area contributed by atoms with Crippen LogP contribution in [0.2, 0.25) is 0 Å². The summed E-state index contributed by atoms with van der Waals surface area (Å²) in [6.45, 7) is 2.31. The molecule has 2 fully saturated rings. The highest BCUT2D eigenvalue weighted by Crippen LogP contribution is 2.36. The maximum absolute atomic E-state index is 12.8. The van der Waals surface area contributed by atoms with Gasteiger partial charge in [0.2, 0.25) is 0 Å². The molecule has 2 aromatic rings. The van der Waals surface area contributed by atoms with Crippen molar-refractivity contribution in [1.82, 2.24) is 9.88 Å². The first-order chi connectivity index (χ1) is 12.3. The van der Waals surface area contributed by atoms with Crippen LogP contribution in [0.25, 0.3) is 0 Å². The molecule has 0 bridgehead atoms. The first kappa shape index (κ1) is 16.6. The van der Waals surface area contributed by atoms with Crippen molar-refractivity contribution in [2.24, 2.45) is 11.8 Å². The Morgan fingerprint density at radius 3 is 2.72 bits per heavy atom. The molecule has 132 valence electrons. The second-order valence-corrected chi connectivity index (χ2v) is 7.86. The van der Waals surface area contributed by atoms with Crippen LogP contribution >= 0.6 is 11.3 Å². The summed E-state index contributed by atoms with van der Waals surface area (Å²) in [4.78, 5) is 19.1. The molecule has 2 heterocycles. The Hall–Kier alpha value is -1.88. The minimum Gasteiger partial charge on any atom is -0.487 e. The molecule has 1 aliphatic carbocycles. The monoisotopic (exact) mass is 356 g/mol. The summed E-state index contributed by atoms with van der Waals surface area (Å²) >= 11 is 1.56. The molecule has 1 aromatic heterocycles. The molecular weight excluding hydrogens is 332 g/mol. The minimum atomic E-state index is 0.162. The van der Waals surface area contributed by atoms with Crippen molar-refractivity contribution in [1.29, 1.82) is 0 Å². The molecule has 1 aromatic carbocycles. The quantitative estimate of drug-likeness (QED) is 0.817. The van der Waals surface area contributed by atoms with Gasteiger partial charge in [-0.3, -0.25) is 4.79 Å². The summed E-state index contributed by atoms with van der Waals surface area (Å²) in [5.74, 6) is 2.50. The van der Waals surface area contributed by atoms with Crippen molar-refractivity contribution < 1.29 is 9.53 Å². The second-order valence-electron chi connectivity index (χ2n) is 7.14. The number of piperidine rings is 1. The van der Waals surface area contributed by atoms with E-state index in [1.165, 1.54) is 32.1 Å². The maximum atomic E-state index is 12.8. The van der Waals surface area contributed by atoms with Crippen molar-refractivity contribution in [2.75, 3.05) is 13.1 Å². The van der Waals surface area contributed by atoms with Gasteiger partial charge in [-0.05, 0) is 48.9 Å². The first-order valence-electron chi connectivity index (χ1n) is 9.19. The Balaban J connectivity index is 1.35. The molecule has 2 atom stereocenters. The van der Waals surface area contributed by atoms with Gasteiger partial charge in [0.05, 0.1) is 11.2 Å². The van der Waals surface area contributed by atoms with Gasteiger partial charge in [0.1, 0.15) is 12.4 Å².